The predicted octanol–water partition coefficient (Wildman–Crippen LogP) is 3.49. The predicted molar refractivity (Wildman–Crippen MR) is 158 cm³/mol. The topological polar surface area (TPSA) is 106 Å². The maximum atomic E-state index is 6.11. The minimum atomic E-state index is 0.379. The summed E-state index contributed by atoms with van der Waals surface area (Å²) in [6.45, 7) is 8.01. The van der Waals surface area contributed by atoms with Gasteiger partial charge in [-0.15, -0.1) is 0 Å². The Morgan fingerprint density at radius 3 is 2.15 bits per heavy atom. The highest BCUT2D eigenvalue weighted by molar-refractivity contribution is 14.1. The number of ether oxygens (including phenoxy) is 4. The summed E-state index contributed by atoms with van der Waals surface area (Å²) < 4.78 is 23.6. The van der Waals surface area contributed by atoms with Crippen LogP contribution in [0, 0.1) is 10.5 Å². The van der Waals surface area contributed by atoms with Crippen LogP contribution in [0.25, 0.3) is 0 Å². The molecule has 1 N–H and O–H groups in total. The lowest BCUT2D eigenvalue weighted by Gasteiger charge is -2.30. The molecule has 0 radical (unpaired) electrons. The summed E-state index contributed by atoms with van der Waals surface area (Å²) in [4.78, 5) is 18.2. The summed E-state index contributed by atoms with van der Waals surface area (Å²) in [6, 6.07) is 12.2. The molecule has 206 valence electrons. The minimum Gasteiger partial charge on any atom is -0.493 e. The van der Waals surface area contributed by atoms with Gasteiger partial charge in [0.1, 0.15) is 6.61 Å². The van der Waals surface area contributed by atoms with Crippen LogP contribution >= 0.6 is 22.6 Å². The van der Waals surface area contributed by atoms with Gasteiger partial charge < -0.3 is 28.7 Å². The lowest BCUT2D eigenvalue weighted by atomic mass is 10.2. The van der Waals surface area contributed by atoms with Crippen LogP contribution in [0.4, 0.5) is 17.8 Å². The highest BCUT2D eigenvalue weighted by Gasteiger charge is 2.20. The third kappa shape index (κ3) is 7.25. The van der Waals surface area contributed by atoms with E-state index in [1.54, 1.807) is 13.3 Å². The van der Waals surface area contributed by atoms with Gasteiger partial charge in [-0.25, -0.2) is 5.43 Å². The fraction of sp³-hybridized carbons (Fsp3) is 0.407. The van der Waals surface area contributed by atoms with Crippen molar-refractivity contribution in [1.82, 2.24) is 15.0 Å². The van der Waals surface area contributed by atoms with E-state index in [0.717, 1.165) is 40.9 Å². The van der Waals surface area contributed by atoms with Crippen molar-refractivity contribution in [3.63, 3.8) is 0 Å². The zero-order valence-electron chi connectivity index (χ0n) is 22.1. The first kappa shape index (κ1) is 27.3. The van der Waals surface area contributed by atoms with E-state index in [1.165, 1.54) is 5.56 Å². The zero-order valence-corrected chi connectivity index (χ0v) is 24.3. The van der Waals surface area contributed by atoms with Crippen molar-refractivity contribution >= 4 is 46.7 Å². The molecule has 0 aliphatic carbocycles. The van der Waals surface area contributed by atoms with Gasteiger partial charge in [0, 0.05) is 26.2 Å². The first-order valence-corrected chi connectivity index (χ1v) is 13.9. The van der Waals surface area contributed by atoms with Crippen LogP contribution in [0.2, 0.25) is 0 Å². The molecule has 1 aromatic heterocycles. The zero-order chi connectivity index (χ0) is 27.0. The quantitative estimate of drug-likeness (QED) is 0.211. The SMILES string of the molecule is COc1cc(/C=N/Nc2nc(N3CCOCC3)nc(N3CCOCC3)n2)cc(I)c1OCc1ccc(C)cc1. The van der Waals surface area contributed by atoms with Gasteiger partial charge in [0.2, 0.25) is 17.8 Å². The first-order chi connectivity index (χ1) is 19.1. The van der Waals surface area contributed by atoms with Gasteiger partial charge >= 0.3 is 0 Å². The Labute approximate surface area is 241 Å². The number of anilines is 3. The molecule has 0 saturated carbocycles. The number of halogens is 1. The summed E-state index contributed by atoms with van der Waals surface area (Å²) in [5.74, 6) is 2.94. The van der Waals surface area contributed by atoms with Crippen LogP contribution in [0.3, 0.4) is 0 Å². The molecule has 2 fully saturated rings. The average Bonchev–Trinajstić information content (AvgIpc) is 2.98. The van der Waals surface area contributed by atoms with E-state index in [0.29, 0.717) is 62.4 Å². The van der Waals surface area contributed by atoms with Crippen molar-refractivity contribution < 1.29 is 18.9 Å². The highest BCUT2D eigenvalue weighted by Crippen LogP contribution is 2.34. The van der Waals surface area contributed by atoms with E-state index in [2.05, 4.69) is 84.1 Å². The Morgan fingerprint density at radius 1 is 0.949 bits per heavy atom. The van der Waals surface area contributed by atoms with Gasteiger partial charge in [-0.3, -0.25) is 0 Å². The molecule has 2 aromatic carbocycles. The number of aromatic nitrogens is 3. The average molecular weight is 646 g/mol. The third-order valence-electron chi connectivity index (χ3n) is 6.33. The van der Waals surface area contributed by atoms with E-state index >= 15 is 0 Å². The number of hydrogen-bond donors (Lipinski definition) is 1. The number of methoxy groups -OCH3 is 1. The van der Waals surface area contributed by atoms with Crippen LogP contribution < -0.4 is 24.7 Å². The van der Waals surface area contributed by atoms with Crippen molar-refractivity contribution in [2.75, 3.05) is 74.9 Å². The number of rotatable bonds is 9. The Kier molecular flexibility index (Phi) is 9.27. The monoisotopic (exact) mass is 645 g/mol. The Balaban J connectivity index is 1.31. The summed E-state index contributed by atoms with van der Waals surface area (Å²) in [7, 11) is 1.63. The number of nitrogens with one attached hydrogen (secondary N) is 1. The second-order valence-electron chi connectivity index (χ2n) is 9.14. The van der Waals surface area contributed by atoms with Gasteiger partial charge in [-0.1, -0.05) is 29.8 Å². The fourth-order valence-corrected chi connectivity index (χ4v) is 4.95. The fourth-order valence-electron chi connectivity index (χ4n) is 4.17. The normalized spacial score (nSPS) is 16.0. The van der Waals surface area contributed by atoms with Crippen LogP contribution in [-0.4, -0.2) is 80.9 Å². The van der Waals surface area contributed by atoms with Crippen LogP contribution in [0.15, 0.2) is 41.5 Å². The highest BCUT2D eigenvalue weighted by atomic mass is 127. The van der Waals surface area contributed by atoms with Gasteiger partial charge in [0.15, 0.2) is 11.5 Å². The molecule has 2 saturated heterocycles. The number of nitrogens with zero attached hydrogens (tertiary/aromatic N) is 6. The van der Waals surface area contributed by atoms with Gasteiger partial charge in [0.25, 0.3) is 0 Å². The van der Waals surface area contributed by atoms with Crippen molar-refractivity contribution in [2.24, 2.45) is 5.10 Å². The number of hydrazone groups is 1. The Bertz CT molecular complexity index is 1240. The molecule has 2 aliphatic rings. The molecule has 0 unspecified atom stereocenters. The molecule has 5 rings (SSSR count). The second-order valence-corrected chi connectivity index (χ2v) is 10.3. The summed E-state index contributed by atoms with van der Waals surface area (Å²) in [6.07, 6.45) is 1.71. The van der Waals surface area contributed by atoms with Crippen LogP contribution in [-0.2, 0) is 16.1 Å². The summed E-state index contributed by atoms with van der Waals surface area (Å²) in [5.41, 5.74) is 6.15. The van der Waals surface area contributed by atoms with E-state index in [-0.39, 0.29) is 0 Å². The maximum absolute atomic E-state index is 6.11. The van der Waals surface area contributed by atoms with E-state index in [1.807, 2.05) is 12.1 Å². The number of morpholine rings is 2. The standard InChI is InChI=1S/C27H32IN7O4/c1-19-3-5-20(6-4-19)18-39-24-22(28)15-21(16-23(24)36-2)17-29-33-25-30-26(34-7-11-37-12-8-34)32-27(31-25)35-9-13-38-14-10-35/h3-6,15-17H,7-14,18H2,1-2H3,(H,30,31,32,33)/b29-17+. The lowest BCUT2D eigenvalue weighted by molar-refractivity contribution is 0.121. The minimum absolute atomic E-state index is 0.379. The molecular formula is C27H32IN7O4. The molecule has 0 spiro atoms. The number of aryl methyl sites for hydroxylation is 1. The first-order valence-electron chi connectivity index (χ1n) is 12.9. The van der Waals surface area contributed by atoms with E-state index < -0.39 is 0 Å². The van der Waals surface area contributed by atoms with E-state index in [4.69, 9.17) is 23.9 Å². The lowest BCUT2D eigenvalue weighted by Crippen LogP contribution is -2.40. The second kappa shape index (κ2) is 13.2. The molecule has 0 bridgehead atoms. The smallest absolute Gasteiger partial charge is 0.250 e. The van der Waals surface area contributed by atoms with Crippen LogP contribution in [0.5, 0.6) is 11.5 Å². The number of hydrogen-bond acceptors (Lipinski definition) is 11. The molecule has 0 amide bonds. The largest absolute Gasteiger partial charge is 0.493 e. The molecule has 12 heteroatoms. The molecule has 11 nitrogen and oxygen atoms in total. The Morgan fingerprint density at radius 2 is 1.56 bits per heavy atom. The molecule has 3 aromatic rings. The van der Waals surface area contributed by atoms with Crippen molar-refractivity contribution in [1.29, 1.82) is 0 Å². The maximum Gasteiger partial charge on any atom is 0.250 e. The summed E-state index contributed by atoms with van der Waals surface area (Å²) in [5, 5.41) is 4.42. The van der Waals surface area contributed by atoms with E-state index in [9.17, 15) is 0 Å². The molecular weight excluding hydrogens is 613 g/mol. The van der Waals surface area contributed by atoms with Gasteiger partial charge in [0.05, 0.1) is 43.3 Å². The summed E-state index contributed by atoms with van der Waals surface area (Å²) >= 11 is 2.25. The third-order valence-corrected chi connectivity index (χ3v) is 7.13. The van der Waals surface area contributed by atoms with Crippen LogP contribution in [0.1, 0.15) is 16.7 Å². The van der Waals surface area contributed by atoms with Crippen molar-refractivity contribution in [3.05, 3.63) is 56.7 Å². The molecule has 3 heterocycles. The van der Waals surface area contributed by atoms with Gasteiger partial charge in [-0.05, 0) is 52.8 Å². The number of benzene rings is 2. The Hall–Kier alpha value is -3.23. The van der Waals surface area contributed by atoms with Crippen molar-refractivity contribution in [3.8, 4) is 11.5 Å². The van der Waals surface area contributed by atoms with Crippen molar-refractivity contribution in [2.45, 2.75) is 13.5 Å². The molecule has 0 atom stereocenters. The molecule has 39 heavy (non-hydrogen) atoms. The van der Waals surface area contributed by atoms with Gasteiger partial charge in [-0.2, -0.15) is 20.1 Å². The molecule has 2 aliphatic heterocycles.